The van der Waals surface area contributed by atoms with Crippen LogP contribution in [0.15, 0.2) is 184 Å². The summed E-state index contributed by atoms with van der Waals surface area (Å²) >= 11 is 0. The minimum Gasteiger partial charge on any atom is -0.284 e. The first-order valence-corrected chi connectivity index (χ1v) is 17.3. The van der Waals surface area contributed by atoms with Gasteiger partial charge >= 0.3 is 0 Å². The number of nitrogens with zero attached hydrogens (tertiary/aromatic N) is 3. The molecule has 0 N–H and O–H groups in total. The molecule has 0 aliphatic carbocycles. The number of hydrogen-bond donors (Lipinski definition) is 0. The van der Waals surface area contributed by atoms with Gasteiger partial charge in [0.2, 0.25) is 0 Å². The molecule has 0 atom stereocenters. The Bertz CT molecular complexity index is 2120. The molecule has 0 saturated heterocycles. The van der Waals surface area contributed by atoms with Crippen LogP contribution in [0.2, 0.25) is 0 Å². The molecule has 0 aromatic heterocycles. The Kier molecular flexibility index (Phi) is 11.5. The predicted octanol–water partition coefficient (Wildman–Crippen LogP) is 11.4. The molecule has 3 heteroatoms. The molecule has 0 bridgehead atoms. The van der Waals surface area contributed by atoms with Gasteiger partial charge in [0.05, 0.1) is 24.5 Å². The Morgan fingerprint density at radius 2 is 1.08 bits per heavy atom. The normalized spacial score (nSPS) is 12.4. The topological polar surface area (TPSA) is 37.1 Å². The zero-order chi connectivity index (χ0) is 34.5. The van der Waals surface area contributed by atoms with Gasteiger partial charge in [-0.2, -0.15) is 0 Å². The summed E-state index contributed by atoms with van der Waals surface area (Å²) in [4.78, 5) is 14.9. The van der Waals surface area contributed by atoms with E-state index in [0.29, 0.717) is 13.1 Å². The minimum absolute atomic E-state index is 0.545. The van der Waals surface area contributed by atoms with Crippen molar-refractivity contribution in [1.29, 1.82) is 0 Å². The number of aliphatic imine (C=N–C) groups is 3. The van der Waals surface area contributed by atoms with Crippen molar-refractivity contribution < 1.29 is 0 Å². The second kappa shape index (κ2) is 16.9. The van der Waals surface area contributed by atoms with E-state index in [0.717, 1.165) is 57.8 Å². The highest BCUT2D eigenvalue weighted by molar-refractivity contribution is 6.16. The summed E-state index contributed by atoms with van der Waals surface area (Å²) in [6.07, 6.45) is 1.53. The van der Waals surface area contributed by atoms with E-state index < -0.39 is 0 Å². The van der Waals surface area contributed by atoms with Gasteiger partial charge in [0.1, 0.15) is 0 Å². The number of rotatable bonds is 13. The van der Waals surface area contributed by atoms with Gasteiger partial charge < -0.3 is 0 Å². The first-order valence-electron chi connectivity index (χ1n) is 17.3. The number of allylic oxidation sites excluding steroid dienone is 1. The Labute approximate surface area is 297 Å². The summed E-state index contributed by atoms with van der Waals surface area (Å²) in [5, 5.41) is 0. The van der Waals surface area contributed by atoms with Crippen LogP contribution >= 0.6 is 0 Å². The smallest absolute Gasteiger partial charge is 0.0750 e. The highest BCUT2D eigenvalue weighted by Crippen LogP contribution is 2.29. The van der Waals surface area contributed by atoms with E-state index in [-0.39, 0.29) is 0 Å². The van der Waals surface area contributed by atoms with Crippen LogP contribution in [0.1, 0.15) is 52.3 Å². The summed E-state index contributed by atoms with van der Waals surface area (Å²) < 4.78 is 0. The van der Waals surface area contributed by atoms with Gasteiger partial charge in [-0.15, -0.1) is 0 Å². The van der Waals surface area contributed by atoms with E-state index in [4.69, 9.17) is 9.98 Å². The zero-order valence-corrected chi connectivity index (χ0v) is 29.0. The molecule has 50 heavy (non-hydrogen) atoms. The van der Waals surface area contributed by atoms with E-state index in [2.05, 4.69) is 177 Å². The fourth-order valence-corrected chi connectivity index (χ4v) is 6.31. The molecule has 0 saturated carbocycles. The van der Waals surface area contributed by atoms with Gasteiger partial charge in [0.15, 0.2) is 0 Å². The van der Waals surface area contributed by atoms with Gasteiger partial charge in [-0.25, -0.2) is 0 Å². The maximum atomic E-state index is 5.29. The molecule has 0 aliphatic rings. The third-order valence-corrected chi connectivity index (χ3v) is 8.91. The summed E-state index contributed by atoms with van der Waals surface area (Å²) in [7, 11) is 0. The molecular formula is C47H43N3. The Morgan fingerprint density at radius 3 is 1.72 bits per heavy atom. The van der Waals surface area contributed by atoms with Crippen LogP contribution in [0.5, 0.6) is 0 Å². The van der Waals surface area contributed by atoms with Crippen LogP contribution in [0.25, 0.3) is 16.8 Å². The van der Waals surface area contributed by atoms with Crippen molar-refractivity contribution in [3.05, 3.63) is 208 Å². The third kappa shape index (κ3) is 8.56. The van der Waals surface area contributed by atoms with Crippen LogP contribution in [0.4, 0.5) is 0 Å². The molecule has 0 spiro atoms. The van der Waals surface area contributed by atoms with Crippen molar-refractivity contribution in [2.75, 3.05) is 0 Å². The summed E-state index contributed by atoms with van der Waals surface area (Å²) in [6, 6.07) is 57.3. The van der Waals surface area contributed by atoms with Crippen LogP contribution < -0.4 is 0 Å². The lowest BCUT2D eigenvalue weighted by molar-refractivity contribution is 1.05. The van der Waals surface area contributed by atoms with Crippen molar-refractivity contribution in [2.24, 2.45) is 15.0 Å². The van der Waals surface area contributed by atoms with E-state index in [1.165, 1.54) is 27.8 Å². The second-order valence-electron chi connectivity index (χ2n) is 12.4. The van der Waals surface area contributed by atoms with Gasteiger partial charge in [-0.3, -0.25) is 15.0 Å². The van der Waals surface area contributed by atoms with E-state index >= 15 is 0 Å². The lowest BCUT2D eigenvalue weighted by Gasteiger charge is -2.16. The molecule has 6 aromatic rings. The average Bonchev–Trinajstić information content (AvgIpc) is 3.18. The van der Waals surface area contributed by atoms with Gasteiger partial charge in [0.25, 0.3) is 0 Å². The highest BCUT2D eigenvalue weighted by Gasteiger charge is 2.16. The molecule has 0 aliphatic heterocycles. The standard InChI is InChI=1S/C47H43N3/c1-4-43(47(48-3)44-29-15-14-18-35(44)2)46(40-25-12-7-13-26-40)50-34-38-22-17-28-42(31-38)41-27-16-21-37(30-41)32-45(39-23-10-6-11-24-39)49-33-36-19-8-5-9-20-36/h5-31H,3-4,32-34H2,1-2H3/b47-43-,49-45?,50-46?. The molecular weight excluding hydrogens is 607 g/mol. The van der Waals surface area contributed by atoms with Gasteiger partial charge in [-0.05, 0) is 65.1 Å². The van der Waals surface area contributed by atoms with E-state index in [1.54, 1.807) is 0 Å². The monoisotopic (exact) mass is 649 g/mol. The highest BCUT2D eigenvalue weighted by atomic mass is 14.8. The number of benzene rings is 6. The fourth-order valence-electron chi connectivity index (χ4n) is 6.31. The Hall–Kier alpha value is -5.93. The Morgan fingerprint density at radius 1 is 0.540 bits per heavy atom. The largest absolute Gasteiger partial charge is 0.284 e. The van der Waals surface area contributed by atoms with Gasteiger partial charge in [-0.1, -0.05) is 165 Å². The van der Waals surface area contributed by atoms with Crippen LogP contribution in [0.3, 0.4) is 0 Å². The quantitative estimate of drug-likeness (QED) is 0.112. The molecule has 6 rings (SSSR count). The SMILES string of the molecule is C=N/C(=C(/CC)C(=NCc1cccc(-c2cccc(CC(=NCc3ccccc3)c3ccccc3)c2)c1)c1ccccc1)c1ccccc1C. The molecule has 3 nitrogen and oxygen atoms in total. The van der Waals surface area contributed by atoms with Crippen molar-refractivity contribution in [2.45, 2.75) is 39.8 Å². The molecule has 0 heterocycles. The fraction of sp³-hybridized carbons (Fsp3) is 0.128. The lowest BCUT2D eigenvalue weighted by atomic mass is 9.93. The second-order valence-corrected chi connectivity index (χ2v) is 12.4. The molecule has 246 valence electrons. The molecule has 0 radical (unpaired) electrons. The van der Waals surface area contributed by atoms with Crippen LogP contribution in [-0.2, 0) is 19.5 Å². The molecule has 0 fully saturated rings. The van der Waals surface area contributed by atoms with E-state index in [9.17, 15) is 0 Å². The maximum Gasteiger partial charge on any atom is 0.0750 e. The zero-order valence-electron chi connectivity index (χ0n) is 29.0. The van der Waals surface area contributed by atoms with Crippen molar-refractivity contribution in [1.82, 2.24) is 0 Å². The number of aryl methyl sites for hydroxylation is 1. The van der Waals surface area contributed by atoms with Crippen molar-refractivity contribution >= 4 is 23.8 Å². The van der Waals surface area contributed by atoms with Crippen molar-refractivity contribution in [3.63, 3.8) is 0 Å². The molecule has 0 amide bonds. The minimum atomic E-state index is 0.545. The predicted molar refractivity (Wildman–Crippen MR) is 213 cm³/mol. The Balaban J connectivity index is 1.30. The summed E-state index contributed by atoms with van der Waals surface area (Å²) in [6.45, 7) is 9.47. The van der Waals surface area contributed by atoms with Crippen LogP contribution in [-0.4, -0.2) is 18.1 Å². The van der Waals surface area contributed by atoms with Crippen molar-refractivity contribution in [3.8, 4) is 11.1 Å². The number of hydrogen-bond acceptors (Lipinski definition) is 3. The lowest BCUT2D eigenvalue weighted by Crippen LogP contribution is -2.08. The van der Waals surface area contributed by atoms with Gasteiger partial charge in [0, 0.05) is 28.8 Å². The average molecular weight is 650 g/mol. The van der Waals surface area contributed by atoms with E-state index in [1.807, 2.05) is 12.1 Å². The first-order chi connectivity index (χ1) is 24.6. The summed E-state index contributed by atoms with van der Waals surface area (Å²) in [5.74, 6) is 0. The summed E-state index contributed by atoms with van der Waals surface area (Å²) in [5.41, 5.74) is 14.4. The molecule has 0 unspecified atom stereocenters. The van der Waals surface area contributed by atoms with Crippen LogP contribution in [0, 0.1) is 6.92 Å². The third-order valence-electron chi connectivity index (χ3n) is 8.91. The molecule has 6 aromatic carbocycles. The first kappa shape index (κ1) is 34.0. The maximum absolute atomic E-state index is 5.29.